The van der Waals surface area contributed by atoms with Gasteiger partial charge in [-0.05, 0) is 44.1 Å². The minimum atomic E-state index is -0.310. The lowest BCUT2D eigenvalue weighted by molar-refractivity contribution is -0.0479. The molecular formula is C24H26N10O. The average molecular weight is 471 g/mol. The molecule has 1 saturated carbocycles. The minimum absolute atomic E-state index is 0.135. The van der Waals surface area contributed by atoms with E-state index in [1.807, 2.05) is 35.6 Å². The molecule has 1 unspecified atom stereocenters. The second-order valence-electron chi connectivity index (χ2n) is 9.32. The second kappa shape index (κ2) is 8.70. The fourth-order valence-electron chi connectivity index (χ4n) is 5.20. The Labute approximate surface area is 202 Å². The number of fused-ring (bicyclic) bond motifs is 1. The van der Waals surface area contributed by atoms with Crippen LogP contribution in [0.4, 0.5) is 0 Å². The zero-order valence-corrected chi connectivity index (χ0v) is 19.5. The topological polar surface area (TPSA) is 124 Å². The van der Waals surface area contributed by atoms with Gasteiger partial charge in [0, 0.05) is 31.6 Å². The molecule has 0 aromatic carbocycles. The van der Waals surface area contributed by atoms with Crippen LogP contribution in [0.3, 0.4) is 0 Å². The van der Waals surface area contributed by atoms with Crippen LogP contribution in [0.25, 0.3) is 28.2 Å². The van der Waals surface area contributed by atoms with Gasteiger partial charge >= 0.3 is 0 Å². The molecular weight excluding hydrogens is 444 g/mol. The Hall–Kier alpha value is -3.91. The van der Waals surface area contributed by atoms with Gasteiger partial charge in [0.25, 0.3) is 0 Å². The lowest BCUT2D eigenvalue weighted by Gasteiger charge is -2.45. The van der Waals surface area contributed by atoms with Crippen molar-refractivity contribution in [3.8, 4) is 28.7 Å². The van der Waals surface area contributed by atoms with Crippen molar-refractivity contribution in [2.75, 3.05) is 13.7 Å². The van der Waals surface area contributed by atoms with Crippen LogP contribution in [0.2, 0.25) is 0 Å². The molecule has 35 heavy (non-hydrogen) atoms. The van der Waals surface area contributed by atoms with Gasteiger partial charge < -0.3 is 9.73 Å². The number of hydrogen-bond donors (Lipinski definition) is 0. The fourth-order valence-corrected chi connectivity index (χ4v) is 5.20. The highest BCUT2D eigenvalue weighted by atomic mass is 16.5. The smallest absolute Gasteiger partial charge is 0.169 e. The summed E-state index contributed by atoms with van der Waals surface area (Å²) in [6.45, 7) is 0.729. The Kier molecular flexibility index (Phi) is 5.37. The third-order valence-corrected chi connectivity index (χ3v) is 6.97. The quantitative estimate of drug-likeness (QED) is 0.396. The normalized spacial score (nSPS) is 24.6. The second-order valence-corrected chi connectivity index (χ2v) is 9.32. The van der Waals surface area contributed by atoms with Crippen LogP contribution >= 0.6 is 0 Å². The first-order chi connectivity index (χ1) is 17.2. The third kappa shape index (κ3) is 3.80. The van der Waals surface area contributed by atoms with Gasteiger partial charge in [-0.1, -0.05) is 0 Å². The molecule has 0 radical (unpaired) electrons. The monoisotopic (exact) mass is 470 g/mol. The van der Waals surface area contributed by atoms with Gasteiger partial charge in [0.1, 0.15) is 11.4 Å². The van der Waals surface area contributed by atoms with Crippen LogP contribution in [-0.4, -0.2) is 59.2 Å². The zero-order chi connectivity index (χ0) is 23.8. The van der Waals surface area contributed by atoms with Gasteiger partial charge in [0.05, 0.1) is 54.0 Å². The first kappa shape index (κ1) is 21.6. The first-order valence-corrected chi connectivity index (χ1v) is 11.9. The van der Waals surface area contributed by atoms with E-state index >= 15 is 0 Å². The molecule has 6 rings (SSSR count). The highest BCUT2D eigenvalue weighted by Gasteiger charge is 2.45. The Morgan fingerprint density at radius 1 is 1.20 bits per heavy atom. The number of ether oxygens (including phenoxy) is 1. The molecule has 4 aromatic rings. The van der Waals surface area contributed by atoms with Crippen molar-refractivity contribution in [1.82, 2.24) is 39.4 Å². The van der Waals surface area contributed by atoms with Gasteiger partial charge in [-0.2, -0.15) is 25.4 Å². The zero-order valence-electron chi connectivity index (χ0n) is 19.5. The van der Waals surface area contributed by atoms with Gasteiger partial charge in [0.2, 0.25) is 0 Å². The van der Waals surface area contributed by atoms with E-state index < -0.39 is 0 Å². The molecule has 0 N–H and O–H groups in total. The predicted molar refractivity (Wildman–Crippen MR) is 127 cm³/mol. The van der Waals surface area contributed by atoms with Crippen LogP contribution in [0.15, 0.2) is 42.0 Å². The van der Waals surface area contributed by atoms with Crippen LogP contribution in [0.5, 0.6) is 0 Å². The number of nitrogens with zero attached hydrogens (tertiary/aromatic N) is 10. The molecule has 1 aliphatic heterocycles. The summed E-state index contributed by atoms with van der Waals surface area (Å²) in [5.74, 6) is 0.375. The van der Waals surface area contributed by atoms with Crippen molar-refractivity contribution in [2.24, 2.45) is 10.9 Å². The Balaban J connectivity index is 1.35. The maximum absolute atomic E-state index is 9.47. The van der Waals surface area contributed by atoms with Crippen LogP contribution < -0.4 is 0 Å². The number of nitriles is 1. The maximum atomic E-state index is 9.47. The average Bonchev–Trinajstić information content (AvgIpc) is 3.63. The molecule has 0 spiro atoms. The Morgan fingerprint density at radius 2 is 2.11 bits per heavy atom. The molecule has 4 aromatic heterocycles. The van der Waals surface area contributed by atoms with E-state index in [-0.39, 0.29) is 11.8 Å². The molecule has 1 saturated heterocycles. The summed E-state index contributed by atoms with van der Waals surface area (Å²) < 4.78 is 9.55. The van der Waals surface area contributed by atoms with Crippen molar-refractivity contribution in [3.63, 3.8) is 0 Å². The summed E-state index contributed by atoms with van der Waals surface area (Å²) >= 11 is 0. The molecule has 2 fully saturated rings. The van der Waals surface area contributed by atoms with Crippen LogP contribution in [-0.2, 0) is 10.3 Å². The highest BCUT2D eigenvalue weighted by molar-refractivity contribution is 5.77. The van der Waals surface area contributed by atoms with Crippen LogP contribution in [0, 0.1) is 17.2 Å². The van der Waals surface area contributed by atoms with E-state index in [4.69, 9.17) is 9.72 Å². The summed E-state index contributed by atoms with van der Waals surface area (Å²) in [5, 5.41) is 27.7. The van der Waals surface area contributed by atoms with E-state index in [9.17, 15) is 5.26 Å². The number of aromatic nitrogens is 8. The van der Waals surface area contributed by atoms with Gasteiger partial charge in [-0.3, -0.25) is 4.68 Å². The largest absolute Gasteiger partial charge is 0.355 e. The fraction of sp³-hybridized carbons (Fsp3) is 0.458. The molecule has 11 heteroatoms. The number of hydrogen-bond acceptors (Lipinski definition) is 8. The van der Waals surface area contributed by atoms with E-state index in [0.29, 0.717) is 23.7 Å². The van der Waals surface area contributed by atoms with E-state index in [1.165, 1.54) is 0 Å². The summed E-state index contributed by atoms with van der Waals surface area (Å²) in [5.41, 5.74) is 3.51. The van der Waals surface area contributed by atoms with Gasteiger partial charge in [-0.25, -0.2) is 9.50 Å². The summed E-state index contributed by atoms with van der Waals surface area (Å²) in [6.07, 6.45) is 16.1. The number of aliphatic imine (C=N–C) groups is 1. The predicted octanol–water partition coefficient (Wildman–Crippen LogP) is 3.27. The molecule has 178 valence electrons. The SMILES string of the molecule is CN=CC1CC(CC#N)(n2cc(-c3nc(-c4cnn(C5CCCCO5)n4)cn4nccc34)cn2)C1. The number of rotatable bonds is 6. The van der Waals surface area contributed by atoms with Crippen molar-refractivity contribution >= 4 is 11.7 Å². The van der Waals surface area contributed by atoms with Crippen LogP contribution in [0.1, 0.15) is 44.8 Å². The molecule has 1 aliphatic carbocycles. The molecule has 0 bridgehead atoms. The standard InChI is InChI=1S/C24H26N10O/c1-26-12-17-10-24(11-17,6-7-25)33-15-18(13-28-33)23-21-5-8-27-32(21)16-20(30-23)19-14-29-34(31-19)22-4-2-3-9-35-22/h5,8,12-17,22H,2-4,6,9-11H2,1H3. The summed E-state index contributed by atoms with van der Waals surface area (Å²) in [6, 6.07) is 4.27. The molecule has 1 atom stereocenters. The molecule has 0 amide bonds. The molecule has 5 heterocycles. The molecule has 11 nitrogen and oxygen atoms in total. The maximum Gasteiger partial charge on any atom is 0.169 e. The van der Waals surface area contributed by atoms with E-state index in [0.717, 1.165) is 55.5 Å². The van der Waals surface area contributed by atoms with Crippen molar-refractivity contribution in [1.29, 1.82) is 5.26 Å². The third-order valence-electron chi connectivity index (χ3n) is 6.97. The van der Waals surface area contributed by atoms with E-state index in [2.05, 4.69) is 31.5 Å². The minimum Gasteiger partial charge on any atom is -0.355 e. The first-order valence-electron chi connectivity index (χ1n) is 11.9. The Bertz CT molecular complexity index is 1410. The lowest BCUT2D eigenvalue weighted by Crippen LogP contribution is -2.47. The lowest BCUT2D eigenvalue weighted by atomic mass is 9.67. The van der Waals surface area contributed by atoms with Gasteiger partial charge in [-0.15, -0.1) is 5.10 Å². The van der Waals surface area contributed by atoms with Crippen molar-refractivity contribution in [3.05, 3.63) is 37.1 Å². The highest BCUT2D eigenvalue weighted by Crippen LogP contribution is 2.45. The van der Waals surface area contributed by atoms with Crippen molar-refractivity contribution < 1.29 is 4.74 Å². The summed E-state index contributed by atoms with van der Waals surface area (Å²) in [4.78, 5) is 10.7. The Morgan fingerprint density at radius 3 is 2.91 bits per heavy atom. The van der Waals surface area contributed by atoms with E-state index in [1.54, 1.807) is 28.8 Å². The summed E-state index contributed by atoms with van der Waals surface area (Å²) in [7, 11) is 1.78. The van der Waals surface area contributed by atoms with Gasteiger partial charge in [0.15, 0.2) is 6.23 Å². The molecule has 2 aliphatic rings. The van der Waals surface area contributed by atoms with Crippen molar-refractivity contribution in [2.45, 2.75) is 50.3 Å².